The maximum Gasteiger partial charge on any atom is 0.188 e. The van der Waals surface area contributed by atoms with Gasteiger partial charge < -0.3 is 15.8 Å². The van der Waals surface area contributed by atoms with E-state index in [-0.39, 0.29) is 0 Å². The first-order chi connectivity index (χ1) is 9.81. The van der Waals surface area contributed by atoms with Crippen molar-refractivity contribution in [2.45, 2.75) is 44.6 Å². The number of ether oxygens (including phenoxy) is 1. The van der Waals surface area contributed by atoms with Crippen LogP contribution >= 0.6 is 0 Å². The van der Waals surface area contributed by atoms with Crippen LogP contribution in [-0.2, 0) is 12.8 Å². The largest absolute Gasteiger partial charge is 0.493 e. The van der Waals surface area contributed by atoms with Crippen molar-refractivity contribution in [2.24, 2.45) is 10.7 Å². The summed E-state index contributed by atoms with van der Waals surface area (Å²) < 4.78 is 5.51. The molecule has 0 unspecified atom stereocenters. The molecule has 1 heterocycles. The smallest absolute Gasteiger partial charge is 0.188 e. The zero-order valence-electron chi connectivity index (χ0n) is 11.9. The molecular formula is C16H23N3O. The normalized spacial score (nSPS) is 18.9. The minimum absolute atomic E-state index is 0.538. The molecule has 1 aromatic carbocycles. The van der Waals surface area contributed by atoms with Gasteiger partial charge in [0.1, 0.15) is 5.75 Å². The van der Waals surface area contributed by atoms with Gasteiger partial charge in [-0.15, -0.1) is 0 Å². The maximum absolute atomic E-state index is 5.93. The highest BCUT2D eigenvalue weighted by Gasteiger charge is 2.15. The van der Waals surface area contributed by atoms with E-state index in [1.807, 2.05) is 0 Å². The second kappa shape index (κ2) is 6.16. The SMILES string of the molecule is NC(=NCCc1ccc2c(c1)CCO2)NC1CCCC1. The summed E-state index contributed by atoms with van der Waals surface area (Å²) >= 11 is 0. The summed E-state index contributed by atoms with van der Waals surface area (Å²) in [6.45, 7) is 1.56. The molecule has 0 radical (unpaired) electrons. The van der Waals surface area contributed by atoms with E-state index in [0.717, 1.165) is 31.7 Å². The molecule has 3 rings (SSSR count). The maximum atomic E-state index is 5.93. The number of hydrogen-bond acceptors (Lipinski definition) is 2. The van der Waals surface area contributed by atoms with Crippen LogP contribution in [0.2, 0.25) is 0 Å². The number of rotatable bonds is 4. The van der Waals surface area contributed by atoms with Crippen LogP contribution in [0.1, 0.15) is 36.8 Å². The summed E-state index contributed by atoms with van der Waals surface area (Å²) in [6.07, 6.45) is 7.02. The summed E-state index contributed by atoms with van der Waals surface area (Å²) in [7, 11) is 0. The quantitative estimate of drug-likeness (QED) is 0.651. The standard InChI is InChI=1S/C16H23N3O/c17-16(19-14-3-1-2-4-14)18-9-7-12-5-6-15-13(11-12)8-10-20-15/h5-6,11,14H,1-4,7-10H2,(H3,17,18,19). The Labute approximate surface area is 120 Å². The first-order valence-corrected chi connectivity index (χ1v) is 7.62. The second-order valence-corrected chi connectivity index (χ2v) is 5.68. The second-order valence-electron chi connectivity index (χ2n) is 5.68. The summed E-state index contributed by atoms with van der Waals surface area (Å²) in [5.41, 5.74) is 8.56. The van der Waals surface area contributed by atoms with Crippen LogP contribution in [0, 0.1) is 0 Å². The molecule has 1 saturated carbocycles. The number of fused-ring (bicyclic) bond motifs is 1. The fourth-order valence-corrected chi connectivity index (χ4v) is 3.03. The lowest BCUT2D eigenvalue weighted by molar-refractivity contribution is 0.357. The summed E-state index contributed by atoms with van der Waals surface area (Å²) in [5.74, 6) is 1.64. The number of nitrogens with one attached hydrogen (secondary N) is 1. The van der Waals surface area contributed by atoms with Crippen LogP contribution in [-0.4, -0.2) is 25.2 Å². The van der Waals surface area contributed by atoms with E-state index in [4.69, 9.17) is 10.5 Å². The van der Waals surface area contributed by atoms with Gasteiger partial charge in [0, 0.05) is 19.0 Å². The van der Waals surface area contributed by atoms with Crippen LogP contribution < -0.4 is 15.8 Å². The molecule has 3 N–H and O–H groups in total. The lowest BCUT2D eigenvalue weighted by Crippen LogP contribution is -2.38. The zero-order chi connectivity index (χ0) is 13.8. The minimum atomic E-state index is 0.538. The lowest BCUT2D eigenvalue weighted by Gasteiger charge is -2.12. The van der Waals surface area contributed by atoms with Gasteiger partial charge in [-0.2, -0.15) is 0 Å². The molecule has 0 saturated heterocycles. The molecule has 0 amide bonds. The van der Waals surface area contributed by atoms with Crippen LogP contribution in [0.3, 0.4) is 0 Å². The Morgan fingerprint density at radius 1 is 1.35 bits per heavy atom. The van der Waals surface area contributed by atoms with E-state index in [0.29, 0.717) is 12.0 Å². The molecule has 20 heavy (non-hydrogen) atoms. The summed E-state index contributed by atoms with van der Waals surface area (Å²) in [5, 5.41) is 3.31. The Morgan fingerprint density at radius 3 is 3.05 bits per heavy atom. The van der Waals surface area contributed by atoms with Crippen molar-refractivity contribution in [1.29, 1.82) is 0 Å². The molecule has 1 aliphatic heterocycles. The number of nitrogens with zero attached hydrogens (tertiary/aromatic N) is 1. The average Bonchev–Trinajstić information content (AvgIpc) is 3.09. The van der Waals surface area contributed by atoms with Gasteiger partial charge in [0.25, 0.3) is 0 Å². The fourth-order valence-electron chi connectivity index (χ4n) is 3.03. The number of guanidine groups is 1. The zero-order valence-corrected chi connectivity index (χ0v) is 11.9. The van der Waals surface area contributed by atoms with E-state index in [1.165, 1.54) is 36.8 Å². The highest BCUT2D eigenvalue weighted by molar-refractivity contribution is 5.78. The topological polar surface area (TPSA) is 59.6 Å². The van der Waals surface area contributed by atoms with E-state index in [1.54, 1.807) is 0 Å². The molecule has 108 valence electrons. The Balaban J connectivity index is 1.49. The predicted molar refractivity (Wildman–Crippen MR) is 81.2 cm³/mol. The molecule has 0 bridgehead atoms. The van der Waals surface area contributed by atoms with Crippen LogP contribution in [0.15, 0.2) is 23.2 Å². The van der Waals surface area contributed by atoms with E-state index in [9.17, 15) is 0 Å². The van der Waals surface area contributed by atoms with Gasteiger partial charge in [0.05, 0.1) is 6.61 Å². The number of aliphatic imine (C=N–C) groups is 1. The molecule has 0 aromatic heterocycles. The summed E-state index contributed by atoms with van der Waals surface area (Å²) in [4.78, 5) is 4.43. The Morgan fingerprint density at radius 2 is 2.20 bits per heavy atom. The van der Waals surface area contributed by atoms with Gasteiger partial charge in [-0.1, -0.05) is 25.0 Å². The molecule has 4 nitrogen and oxygen atoms in total. The van der Waals surface area contributed by atoms with Gasteiger partial charge in [-0.25, -0.2) is 0 Å². The number of hydrogen-bond donors (Lipinski definition) is 2. The summed E-state index contributed by atoms with van der Waals surface area (Å²) in [6, 6.07) is 6.97. The molecular weight excluding hydrogens is 250 g/mol. The average molecular weight is 273 g/mol. The fraction of sp³-hybridized carbons (Fsp3) is 0.562. The van der Waals surface area contributed by atoms with Gasteiger partial charge in [0.2, 0.25) is 0 Å². The molecule has 0 atom stereocenters. The highest BCUT2D eigenvalue weighted by Crippen LogP contribution is 2.25. The highest BCUT2D eigenvalue weighted by atomic mass is 16.5. The van der Waals surface area contributed by atoms with Crippen molar-refractivity contribution in [1.82, 2.24) is 5.32 Å². The Hall–Kier alpha value is -1.71. The van der Waals surface area contributed by atoms with Crippen molar-refractivity contribution in [2.75, 3.05) is 13.2 Å². The first kappa shape index (κ1) is 13.3. The minimum Gasteiger partial charge on any atom is -0.493 e. The van der Waals surface area contributed by atoms with Crippen LogP contribution in [0.5, 0.6) is 5.75 Å². The monoisotopic (exact) mass is 273 g/mol. The molecule has 1 aliphatic carbocycles. The third-order valence-electron chi connectivity index (χ3n) is 4.14. The molecule has 1 aromatic rings. The van der Waals surface area contributed by atoms with Crippen molar-refractivity contribution < 1.29 is 4.74 Å². The number of benzene rings is 1. The Kier molecular flexibility index (Phi) is 4.09. The van der Waals surface area contributed by atoms with Gasteiger partial charge in [-0.05, 0) is 36.5 Å². The van der Waals surface area contributed by atoms with Crippen molar-refractivity contribution >= 4 is 5.96 Å². The van der Waals surface area contributed by atoms with Gasteiger partial charge in [-0.3, -0.25) is 4.99 Å². The molecule has 0 spiro atoms. The predicted octanol–water partition coefficient (Wildman–Crippen LogP) is 2.01. The molecule has 4 heteroatoms. The van der Waals surface area contributed by atoms with Gasteiger partial charge >= 0.3 is 0 Å². The van der Waals surface area contributed by atoms with E-state index in [2.05, 4.69) is 28.5 Å². The van der Waals surface area contributed by atoms with Crippen LogP contribution in [0.4, 0.5) is 0 Å². The Bertz CT molecular complexity index is 492. The molecule has 1 fully saturated rings. The lowest BCUT2D eigenvalue weighted by atomic mass is 10.1. The van der Waals surface area contributed by atoms with Gasteiger partial charge in [0.15, 0.2) is 5.96 Å². The van der Waals surface area contributed by atoms with Crippen molar-refractivity contribution in [3.8, 4) is 5.75 Å². The molecule has 2 aliphatic rings. The van der Waals surface area contributed by atoms with Crippen molar-refractivity contribution in [3.05, 3.63) is 29.3 Å². The van der Waals surface area contributed by atoms with E-state index < -0.39 is 0 Å². The third kappa shape index (κ3) is 3.24. The van der Waals surface area contributed by atoms with Crippen molar-refractivity contribution in [3.63, 3.8) is 0 Å². The first-order valence-electron chi connectivity index (χ1n) is 7.62. The van der Waals surface area contributed by atoms with Crippen LogP contribution in [0.25, 0.3) is 0 Å². The van der Waals surface area contributed by atoms with E-state index >= 15 is 0 Å². The third-order valence-corrected chi connectivity index (χ3v) is 4.14. The number of nitrogens with two attached hydrogens (primary N) is 1.